The molecule has 2 rings (SSSR count). The number of carbonyl (C=O) groups is 1. The lowest BCUT2D eigenvalue weighted by Gasteiger charge is -2.30. The molecule has 2 aliphatic rings. The van der Waals surface area contributed by atoms with E-state index >= 15 is 0 Å². The SMILES string of the molecule is CC1(C)CC1C(=O)N1CCC[C@H](O)C1. The van der Waals surface area contributed by atoms with E-state index in [0.29, 0.717) is 6.54 Å². The molecule has 1 heterocycles. The highest BCUT2D eigenvalue weighted by Crippen LogP contribution is 2.52. The Morgan fingerprint density at radius 1 is 1.50 bits per heavy atom. The highest BCUT2D eigenvalue weighted by Gasteiger charge is 2.52. The Hall–Kier alpha value is -0.570. The molecule has 2 atom stereocenters. The molecule has 0 aromatic heterocycles. The summed E-state index contributed by atoms with van der Waals surface area (Å²) in [5.74, 6) is 0.474. The van der Waals surface area contributed by atoms with Crippen molar-refractivity contribution in [3.8, 4) is 0 Å². The van der Waals surface area contributed by atoms with E-state index in [-0.39, 0.29) is 23.3 Å². The van der Waals surface area contributed by atoms with Crippen molar-refractivity contribution in [2.45, 2.75) is 39.2 Å². The maximum atomic E-state index is 11.9. The molecule has 1 saturated heterocycles. The summed E-state index contributed by atoms with van der Waals surface area (Å²) >= 11 is 0. The van der Waals surface area contributed by atoms with Crippen molar-refractivity contribution in [1.29, 1.82) is 0 Å². The molecule has 1 saturated carbocycles. The topological polar surface area (TPSA) is 40.5 Å². The van der Waals surface area contributed by atoms with Crippen LogP contribution in [0.25, 0.3) is 0 Å². The summed E-state index contributed by atoms with van der Waals surface area (Å²) in [6.07, 6.45) is 2.51. The second-order valence-corrected chi connectivity index (χ2v) is 5.33. The van der Waals surface area contributed by atoms with Gasteiger partial charge in [0.2, 0.25) is 5.91 Å². The first-order valence-corrected chi connectivity index (χ1v) is 5.47. The van der Waals surface area contributed by atoms with Crippen LogP contribution in [0.2, 0.25) is 0 Å². The van der Waals surface area contributed by atoms with Gasteiger partial charge in [-0.05, 0) is 24.7 Å². The van der Waals surface area contributed by atoms with Crippen molar-refractivity contribution in [3.63, 3.8) is 0 Å². The number of piperidine rings is 1. The van der Waals surface area contributed by atoms with E-state index in [2.05, 4.69) is 13.8 Å². The Labute approximate surface area is 85.1 Å². The molecule has 0 spiro atoms. The molecule has 0 bridgehead atoms. The second kappa shape index (κ2) is 3.23. The Morgan fingerprint density at radius 2 is 2.14 bits per heavy atom. The molecule has 0 aromatic rings. The third-order valence-electron chi connectivity index (χ3n) is 3.52. The van der Waals surface area contributed by atoms with Crippen molar-refractivity contribution in [1.82, 2.24) is 4.90 Å². The molecule has 3 heteroatoms. The molecular formula is C11H19NO2. The Kier molecular flexibility index (Phi) is 2.30. The number of β-amino-alcohol motifs (C(OH)–C–C–N with tert-alkyl or cyclic N) is 1. The average molecular weight is 197 g/mol. The summed E-state index contributed by atoms with van der Waals surface area (Å²) in [6.45, 7) is 5.65. The van der Waals surface area contributed by atoms with Crippen LogP contribution in [0.5, 0.6) is 0 Å². The molecule has 1 unspecified atom stereocenters. The van der Waals surface area contributed by atoms with Crippen LogP contribution in [0, 0.1) is 11.3 Å². The monoisotopic (exact) mass is 197 g/mol. The first-order chi connectivity index (χ1) is 6.50. The molecule has 0 radical (unpaired) electrons. The number of carbonyl (C=O) groups excluding carboxylic acids is 1. The summed E-state index contributed by atoms with van der Waals surface area (Å²) in [7, 11) is 0. The standard InChI is InChI=1S/C11H19NO2/c1-11(2)6-9(11)10(14)12-5-3-4-8(13)7-12/h8-9,13H,3-7H2,1-2H3/t8-,9?/m0/s1. The van der Waals surface area contributed by atoms with Crippen LogP contribution in [-0.2, 0) is 4.79 Å². The minimum atomic E-state index is -0.297. The highest BCUT2D eigenvalue weighted by atomic mass is 16.3. The predicted octanol–water partition coefficient (Wildman–Crippen LogP) is 1.02. The summed E-state index contributed by atoms with van der Waals surface area (Å²) < 4.78 is 0. The average Bonchev–Trinajstić information content (AvgIpc) is 2.74. The van der Waals surface area contributed by atoms with Crippen LogP contribution < -0.4 is 0 Å². The summed E-state index contributed by atoms with van der Waals surface area (Å²) in [5, 5.41) is 9.47. The first-order valence-electron chi connectivity index (χ1n) is 5.47. The fraction of sp³-hybridized carbons (Fsp3) is 0.909. The third-order valence-corrected chi connectivity index (χ3v) is 3.52. The van der Waals surface area contributed by atoms with Crippen LogP contribution in [-0.4, -0.2) is 35.1 Å². The van der Waals surface area contributed by atoms with Gasteiger partial charge in [-0.25, -0.2) is 0 Å². The van der Waals surface area contributed by atoms with Gasteiger partial charge in [0.1, 0.15) is 0 Å². The zero-order chi connectivity index (χ0) is 10.3. The molecule has 1 aliphatic heterocycles. The number of hydrogen-bond donors (Lipinski definition) is 1. The lowest BCUT2D eigenvalue weighted by molar-refractivity contribution is -0.136. The van der Waals surface area contributed by atoms with Gasteiger partial charge >= 0.3 is 0 Å². The molecule has 80 valence electrons. The first kappa shape index (κ1) is 9.97. The van der Waals surface area contributed by atoms with Gasteiger partial charge in [-0.15, -0.1) is 0 Å². The number of hydrogen-bond acceptors (Lipinski definition) is 2. The van der Waals surface area contributed by atoms with Gasteiger partial charge in [-0.3, -0.25) is 4.79 Å². The third kappa shape index (κ3) is 1.78. The minimum absolute atomic E-state index is 0.208. The molecule has 14 heavy (non-hydrogen) atoms. The van der Waals surface area contributed by atoms with Gasteiger partial charge < -0.3 is 10.0 Å². The van der Waals surface area contributed by atoms with Gasteiger partial charge in [0.25, 0.3) is 0 Å². The molecule has 3 nitrogen and oxygen atoms in total. The number of aliphatic hydroxyl groups is 1. The lowest BCUT2D eigenvalue weighted by atomic mass is 10.1. The molecule has 2 fully saturated rings. The van der Waals surface area contributed by atoms with Crippen LogP contribution in [0.15, 0.2) is 0 Å². The van der Waals surface area contributed by atoms with Gasteiger partial charge in [0, 0.05) is 19.0 Å². The van der Waals surface area contributed by atoms with E-state index in [1.807, 2.05) is 4.90 Å². The summed E-state index contributed by atoms with van der Waals surface area (Å²) in [5.41, 5.74) is 0.208. The van der Waals surface area contributed by atoms with Crippen molar-refractivity contribution in [2.24, 2.45) is 11.3 Å². The number of likely N-dealkylation sites (tertiary alicyclic amines) is 1. The van der Waals surface area contributed by atoms with E-state index in [4.69, 9.17) is 0 Å². The van der Waals surface area contributed by atoms with Crippen LogP contribution in [0.4, 0.5) is 0 Å². The Bertz CT molecular complexity index is 250. The van der Waals surface area contributed by atoms with Crippen molar-refractivity contribution >= 4 is 5.91 Å². The predicted molar refractivity (Wildman–Crippen MR) is 53.7 cm³/mol. The molecule has 0 aromatic carbocycles. The molecule has 1 aliphatic carbocycles. The smallest absolute Gasteiger partial charge is 0.226 e. The number of rotatable bonds is 1. The normalized spacial score (nSPS) is 35.5. The maximum Gasteiger partial charge on any atom is 0.226 e. The molecule has 1 N–H and O–H groups in total. The van der Waals surface area contributed by atoms with Crippen LogP contribution >= 0.6 is 0 Å². The van der Waals surface area contributed by atoms with Crippen LogP contribution in [0.1, 0.15) is 33.1 Å². The number of nitrogens with zero attached hydrogens (tertiary/aromatic N) is 1. The fourth-order valence-corrected chi connectivity index (χ4v) is 2.26. The van der Waals surface area contributed by atoms with E-state index in [9.17, 15) is 9.90 Å². The second-order valence-electron chi connectivity index (χ2n) is 5.33. The Balaban J connectivity index is 1.92. The molecular weight excluding hydrogens is 178 g/mol. The summed E-state index contributed by atoms with van der Waals surface area (Å²) in [4.78, 5) is 13.8. The van der Waals surface area contributed by atoms with Gasteiger partial charge in [-0.2, -0.15) is 0 Å². The highest BCUT2D eigenvalue weighted by molar-refractivity contribution is 5.82. The Morgan fingerprint density at radius 3 is 2.64 bits per heavy atom. The quantitative estimate of drug-likeness (QED) is 0.681. The van der Waals surface area contributed by atoms with E-state index < -0.39 is 0 Å². The van der Waals surface area contributed by atoms with E-state index in [1.165, 1.54) is 0 Å². The van der Waals surface area contributed by atoms with Gasteiger partial charge in [0.15, 0.2) is 0 Å². The van der Waals surface area contributed by atoms with E-state index in [0.717, 1.165) is 25.8 Å². The minimum Gasteiger partial charge on any atom is -0.391 e. The van der Waals surface area contributed by atoms with Gasteiger partial charge in [-0.1, -0.05) is 13.8 Å². The van der Waals surface area contributed by atoms with Gasteiger partial charge in [0.05, 0.1) is 6.10 Å². The number of aliphatic hydroxyl groups excluding tert-OH is 1. The molecule has 1 amide bonds. The van der Waals surface area contributed by atoms with Crippen molar-refractivity contribution in [3.05, 3.63) is 0 Å². The van der Waals surface area contributed by atoms with Crippen molar-refractivity contribution in [2.75, 3.05) is 13.1 Å². The summed E-state index contributed by atoms with van der Waals surface area (Å²) in [6, 6.07) is 0. The fourth-order valence-electron chi connectivity index (χ4n) is 2.26. The van der Waals surface area contributed by atoms with Crippen LogP contribution in [0.3, 0.4) is 0 Å². The zero-order valence-corrected chi connectivity index (χ0v) is 8.99. The lowest BCUT2D eigenvalue weighted by Crippen LogP contribution is -2.43. The largest absolute Gasteiger partial charge is 0.391 e. The maximum absolute atomic E-state index is 11.9. The van der Waals surface area contributed by atoms with E-state index in [1.54, 1.807) is 0 Å². The van der Waals surface area contributed by atoms with Crippen molar-refractivity contribution < 1.29 is 9.90 Å². The number of amides is 1. The zero-order valence-electron chi connectivity index (χ0n) is 8.99.